The number of hydrogen-bond acceptors (Lipinski definition) is 10. The minimum absolute atomic E-state index is 0.0430. The van der Waals surface area contributed by atoms with Crippen molar-refractivity contribution >= 4 is 49.0 Å². The van der Waals surface area contributed by atoms with E-state index in [9.17, 15) is 43.2 Å². The molecule has 0 spiro atoms. The minimum Gasteiger partial charge on any atom is -0.475 e. The number of sulfone groups is 1. The third kappa shape index (κ3) is 9.22. The quantitative estimate of drug-likeness (QED) is 0.263. The van der Waals surface area contributed by atoms with Crippen molar-refractivity contribution in [3.63, 3.8) is 0 Å². The average molecular weight is 659 g/mol. The maximum atomic E-state index is 13.2. The molecule has 4 N–H and O–H groups in total. The van der Waals surface area contributed by atoms with Crippen LogP contribution in [-0.4, -0.2) is 60.8 Å². The Morgan fingerprint density at radius 2 is 1.37 bits per heavy atom. The zero-order valence-corrected chi connectivity index (χ0v) is 24.2. The highest BCUT2D eigenvalue weighted by atomic mass is 32.2. The molecule has 0 radical (unpaired) electrons. The van der Waals surface area contributed by atoms with Gasteiger partial charge in [-0.2, -0.15) is 26.3 Å². The molecule has 0 aliphatic rings. The SMILES string of the molecule is CNS(=O)(=O)c1ccc(S(=O)(=O)C(C)(C)C)c(Nc2cc(Nc3ccc(C(F)(F)F)cn3)ncn2)c1.O=C(O)C(F)(F)F. The Bertz CT molecular complexity index is 1670. The first kappa shape index (κ1) is 35.2. The van der Waals surface area contributed by atoms with Crippen LogP contribution >= 0.6 is 0 Å². The Kier molecular flexibility index (Phi) is 10.4. The summed E-state index contributed by atoms with van der Waals surface area (Å²) in [6.45, 7) is 4.52. The first-order valence-corrected chi connectivity index (χ1v) is 14.5. The van der Waals surface area contributed by atoms with Crippen LogP contribution in [0.1, 0.15) is 26.3 Å². The summed E-state index contributed by atoms with van der Waals surface area (Å²) in [7, 11) is -6.58. The number of rotatable bonds is 7. The van der Waals surface area contributed by atoms with Gasteiger partial charge in [-0.15, -0.1) is 0 Å². The van der Waals surface area contributed by atoms with E-state index >= 15 is 0 Å². The Balaban J connectivity index is 0.000000821. The molecule has 0 atom stereocenters. The van der Waals surface area contributed by atoms with Crippen molar-refractivity contribution < 1.29 is 53.1 Å². The highest BCUT2D eigenvalue weighted by Gasteiger charge is 2.38. The lowest BCUT2D eigenvalue weighted by molar-refractivity contribution is -0.192. The zero-order valence-electron chi connectivity index (χ0n) is 22.5. The highest BCUT2D eigenvalue weighted by Crippen LogP contribution is 2.34. The van der Waals surface area contributed by atoms with Gasteiger partial charge in [-0.05, 0) is 58.2 Å². The molecule has 0 amide bonds. The fraction of sp³-hybridized carbons (Fsp3) is 0.304. The summed E-state index contributed by atoms with van der Waals surface area (Å²) in [5, 5.41) is 12.7. The van der Waals surface area contributed by atoms with Crippen molar-refractivity contribution in [1.82, 2.24) is 19.7 Å². The second kappa shape index (κ2) is 12.7. The standard InChI is InChI=1S/C21H23F3N6O4S2.C2HF3O2/c1-20(2,3)35(31,32)16-7-6-14(36(33,34)25-4)9-15(16)29-18-10-19(28-12-27-18)30-17-8-5-13(11-26-17)21(22,23)24;3-2(4,5)1(6)7/h5-12,25H,1-4H3,(H2,26,27,28,29,30);(H,6,7). The number of aromatic nitrogens is 3. The third-order valence-electron chi connectivity index (χ3n) is 5.15. The van der Waals surface area contributed by atoms with Gasteiger partial charge in [-0.3, -0.25) is 0 Å². The molecule has 236 valence electrons. The zero-order chi connectivity index (χ0) is 33.0. The molecule has 12 nitrogen and oxygen atoms in total. The second-order valence-electron chi connectivity index (χ2n) is 9.25. The molecule has 0 aliphatic heterocycles. The van der Waals surface area contributed by atoms with Gasteiger partial charge in [0.2, 0.25) is 10.0 Å². The number of aliphatic carboxylic acids is 1. The largest absolute Gasteiger partial charge is 0.490 e. The van der Waals surface area contributed by atoms with E-state index in [0.29, 0.717) is 6.20 Å². The molecule has 2 aromatic heterocycles. The number of anilines is 4. The van der Waals surface area contributed by atoms with Crippen LogP contribution in [0, 0.1) is 0 Å². The fourth-order valence-corrected chi connectivity index (χ4v) is 4.92. The van der Waals surface area contributed by atoms with Crippen molar-refractivity contribution in [1.29, 1.82) is 0 Å². The minimum atomic E-state index is -5.08. The van der Waals surface area contributed by atoms with Crippen LogP contribution in [0.15, 0.2) is 58.7 Å². The van der Waals surface area contributed by atoms with Gasteiger partial charge < -0.3 is 15.7 Å². The summed E-state index contributed by atoms with van der Waals surface area (Å²) in [5.41, 5.74) is -0.958. The number of alkyl halides is 6. The third-order valence-corrected chi connectivity index (χ3v) is 9.10. The molecular formula is C23H24F6N6O6S2. The number of sulfonamides is 1. The van der Waals surface area contributed by atoms with E-state index in [1.54, 1.807) is 0 Å². The molecule has 2 heterocycles. The van der Waals surface area contributed by atoms with Crippen molar-refractivity contribution in [2.24, 2.45) is 0 Å². The van der Waals surface area contributed by atoms with E-state index < -0.39 is 48.5 Å². The van der Waals surface area contributed by atoms with Gasteiger partial charge in [-0.25, -0.2) is 41.3 Å². The molecular weight excluding hydrogens is 634 g/mol. The Morgan fingerprint density at radius 1 is 0.814 bits per heavy atom. The first-order chi connectivity index (χ1) is 19.5. The maximum Gasteiger partial charge on any atom is 0.490 e. The predicted molar refractivity (Wildman–Crippen MR) is 141 cm³/mol. The average Bonchev–Trinajstić information content (AvgIpc) is 2.87. The number of nitrogens with zero attached hydrogens (tertiary/aromatic N) is 3. The summed E-state index contributed by atoms with van der Waals surface area (Å²) in [6, 6.07) is 6.87. The van der Waals surface area contributed by atoms with Crippen LogP contribution in [0.4, 0.5) is 49.5 Å². The second-order valence-corrected chi connectivity index (χ2v) is 13.8. The molecule has 1 aromatic carbocycles. The number of carboxylic acid groups (broad SMARTS) is 1. The Labute approximate surface area is 241 Å². The summed E-state index contributed by atoms with van der Waals surface area (Å²) < 4.78 is 122. The number of carbonyl (C=O) groups is 1. The van der Waals surface area contributed by atoms with E-state index in [0.717, 1.165) is 24.5 Å². The Hall–Kier alpha value is -4.04. The van der Waals surface area contributed by atoms with Gasteiger partial charge in [0.15, 0.2) is 9.84 Å². The van der Waals surface area contributed by atoms with Crippen molar-refractivity contribution in [2.45, 2.75) is 47.7 Å². The van der Waals surface area contributed by atoms with Gasteiger partial charge in [0.05, 0.1) is 25.8 Å². The van der Waals surface area contributed by atoms with Crippen molar-refractivity contribution in [3.05, 3.63) is 54.5 Å². The number of nitrogens with one attached hydrogen (secondary N) is 3. The molecule has 0 fully saturated rings. The Morgan fingerprint density at radius 3 is 1.81 bits per heavy atom. The smallest absolute Gasteiger partial charge is 0.475 e. The number of halogens is 6. The fourth-order valence-electron chi connectivity index (χ4n) is 2.85. The predicted octanol–water partition coefficient (Wildman–Crippen LogP) is 4.49. The van der Waals surface area contributed by atoms with Gasteiger partial charge >= 0.3 is 18.3 Å². The van der Waals surface area contributed by atoms with Gasteiger partial charge in [-0.1, -0.05) is 0 Å². The van der Waals surface area contributed by atoms with E-state index in [1.807, 2.05) is 0 Å². The summed E-state index contributed by atoms with van der Waals surface area (Å²) in [6.07, 6.45) is -7.82. The van der Waals surface area contributed by atoms with E-state index in [1.165, 1.54) is 46.0 Å². The highest BCUT2D eigenvalue weighted by molar-refractivity contribution is 7.93. The van der Waals surface area contributed by atoms with E-state index in [4.69, 9.17) is 9.90 Å². The molecule has 3 aromatic rings. The molecule has 3 rings (SSSR count). The summed E-state index contributed by atoms with van der Waals surface area (Å²) in [5.74, 6) is -2.46. The molecule has 0 aliphatic carbocycles. The summed E-state index contributed by atoms with van der Waals surface area (Å²) in [4.78, 5) is 20.3. The molecule has 0 saturated carbocycles. The molecule has 0 unspecified atom stereocenters. The van der Waals surface area contributed by atoms with Crippen molar-refractivity contribution in [2.75, 3.05) is 17.7 Å². The van der Waals surface area contributed by atoms with E-state index in [-0.39, 0.29) is 32.9 Å². The van der Waals surface area contributed by atoms with Gasteiger partial charge in [0.25, 0.3) is 0 Å². The van der Waals surface area contributed by atoms with Gasteiger partial charge in [0.1, 0.15) is 23.8 Å². The number of pyridine rings is 1. The lowest BCUT2D eigenvalue weighted by Gasteiger charge is -2.22. The van der Waals surface area contributed by atoms with Crippen LogP contribution < -0.4 is 15.4 Å². The number of benzene rings is 1. The normalized spacial score (nSPS) is 12.6. The number of carboxylic acids is 1. The first-order valence-electron chi connectivity index (χ1n) is 11.5. The maximum absolute atomic E-state index is 13.2. The van der Waals surface area contributed by atoms with Gasteiger partial charge in [0, 0.05) is 12.3 Å². The lowest BCUT2D eigenvalue weighted by atomic mass is 10.3. The monoisotopic (exact) mass is 658 g/mol. The molecule has 43 heavy (non-hydrogen) atoms. The van der Waals surface area contributed by atoms with Crippen LogP contribution in [0.2, 0.25) is 0 Å². The van der Waals surface area contributed by atoms with Crippen LogP contribution in [-0.2, 0) is 30.8 Å². The topological polar surface area (TPSA) is 180 Å². The molecule has 0 saturated heterocycles. The lowest BCUT2D eigenvalue weighted by Crippen LogP contribution is -2.28. The molecule has 20 heteroatoms. The summed E-state index contributed by atoms with van der Waals surface area (Å²) >= 11 is 0. The van der Waals surface area contributed by atoms with Crippen LogP contribution in [0.5, 0.6) is 0 Å². The van der Waals surface area contributed by atoms with Crippen molar-refractivity contribution in [3.8, 4) is 0 Å². The van der Waals surface area contributed by atoms with E-state index in [2.05, 4.69) is 30.3 Å². The molecule has 0 bridgehead atoms. The van der Waals surface area contributed by atoms with Crippen LogP contribution in [0.3, 0.4) is 0 Å². The van der Waals surface area contributed by atoms with Crippen LogP contribution in [0.25, 0.3) is 0 Å². The number of hydrogen-bond donors (Lipinski definition) is 4.